The first-order valence-corrected chi connectivity index (χ1v) is 22.0. The van der Waals surface area contributed by atoms with Crippen molar-refractivity contribution in [1.82, 2.24) is 19.5 Å². The molecule has 0 atom stereocenters. The Labute approximate surface area is 348 Å². The van der Waals surface area contributed by atoms with Crippen LogP contribution < -0.4 is 19.7 Å². The summed E-state index contributed by atoms with van der Waals surface area (Å²) < 4.78 is 36.1. The SMILES string of the molecule is Cc1cc(S(=O)(=O)NC(=O)c2ccc(N3CCN(CC4=C(c5ccc(Cl)cc5)CCC(C)(C)C4)CC3)cc2Oc2cccc3[nH]ccc23)ccc1NCCCN(C)C. The van der Waals surface area contributed by atoms with Gasteiger partial charge in [0.15, 0.2) is 0 Å². The molecule has 4 aromatic carbocycles. The van der Waals surface area contributed by atoms with Gasteiger partial charge in [-0.1, -0.05) is 49.2 Å². The molecule has 1 aliphatic carbocycles. The third kappa shape index (κ3) is 9.89. The molecule has 0 spiro atoms. The molecule has 10 nitrogen and oxygen atoms in total. The van der Waals surface area contributed by atoms with Crippen molar-refractivity contribution in [1.29, 1.82) is 0 Å². The van der Waals surface area contributed by atoms with Gasteiger partial charge in [-0.3, -0.25) is 9.69 Å². The molecule has 1 fully saturated rings. The van der Waals surface area contributed by atoms with E-state index >= 15 is 0 Å². The van der Waals surface area contributed by atoms with E-state index in [4.69, 9.17) is 16.3 Å². The monoisotopic (exact) mass is 822 g/mol. The van der Waals surface area contributed by atoms with Gasteiger partial charge >= 0.3 is 0 Å². The maximum Gasteiger partial charge on any atom is 0.268 e. The number of amides is 1. The van der Waals surface area contributed by atoms with E-state index in [1.807, 2.05) is 75.7 Å². The number of piperazine rings is 1. The molecule has 7 rings (SSSR count). The van der Waals surface area contributed by atoms with Gasteiger partial charge in [0.2, 0.25) is 0 Å². The standard InChI is InChI=1S/C46H55ClN6O4S/c1-32-28-37(15-17-41(32)48-21-7-23-51(4)5)58(55,56)50-45(54)40-16-14-36(29-44(40)57-43-9-6-8-42-39(43)19-22-49-42)53-26-24-52(25-27-53)31-34-30-46(2,3)20-18-38(34)33-10-12-35(47)13-11-33/h6,8-17,19,22,28-29,48-49H,7,18,20-21,23-27,30-31H2,1-5H3,(H,50,54). The second-order valence-electron chi connectivity index (χ2n) is 16.7. The Hall–Kier alpha value is -4.81. The van der Waals surface area contributed by atoms with Crippen LogP contribution in [0, 0.1) is 12.3 Å². The van der Waals surface area contributed by atoms with Gasteiger partial charge in [0.25, 0.3) is 15.9 Å². The smallest absolute Gasteiger partial charge is 0.268 e. The highest BCUT2D eigenvalue weighted by molar-refractivity contribution is 7.90. The van der Waals surface area contributed by atoms with E-state index in [-0.39, 0.29) is 21.6 Å². The second-order valence-corrected chi connectivity index (χ2v) is 18.8. The van der Waals surface area contributed by atoms with Gasteiger partial charge in [0.05, 0.1) is 10.5 Å². The minimum atomic E-state index is -4.20. The Kier molecular flexibility index (Phi) is 12.5. The number of aryl methyl sites for hydroxylation is 1. The van der Waals surface area contributed by atoms with Crippen LogP contribution in [0.2, 0.25) is 5.02 Å². The molecule has 1 saturated heterocycles. The van der Waals surface area contributed by atoms with Gasteiger partial charge < -0.3 is 24.8 Å². The highest BCUT2D eigenvalue weighted by Gasteiger charge is 2.30. The van der Waals surface area contributed by atoms with Crippen LogP contribution in [0.5, 0.6) is 11.5 Å². The summed E-state index contributed by atoms with van der Waals surface area (Å²) in [6, 6.07) is 26.1. The van der Waals surface area contributed by atoms with Crippen molar-refractivity contribution in [2.45, 2.75) is 51.3 Å². The largest absolute Gasteiger partial charge is 0.456 e. The number of allylic oxidation sites excluding steroid dienone is 1. The van der Waals surface area contributed by atoms with Gasteiger partial charge in [0, 0.05) is 78.8 Å². The fourth-order valence-corrected chi connectivity index (χ4v) is 9.27. The number of fused-ring (bicyclic) bond motifs is 1. The quantitative estimate of drug-likeness (QED) is 0.0952. The van der Waals surface area contributed by atoms with Crippen molar-refractivity contribution in [3.05, 3.63) is 118 Å². The van der Waals surface area contributed by atoms with Crippen LogP contribution in [0.1, 0.15) is 61.0 Å². The van der Waals surface area contributed by atoms with Crippen LogP contribution in [0.4, 0.5) is 11.4 Å². The molecule has 306 valence electrons. The van der Waals surface area contributed by atoms with E-state index in [0.29, 0.717) is 5.75 Å². The summed E-state index contributed by atoms with van der Waals surface area (Å²) in [4.78, 5) is 24.1. The normalized spacial score (nSPS) is 16.2. The van der Waals surface area contributed by atoms with Gasteiger partial charge in [-0.05, 0) is 136 Å². The lowest BCUT2D eigenvalue weighted by Crippen LogP contribution is -2.47. The molecule has 0 bridgehead atoms. The molecule has 0 unspecified atom stereocenters. The van der Waals surface area contributed by atoms with Gasteiger partial charge in [0.1, 0.15) is 11.5 Å². The maximum absolute atomic E-state index is 13.9. The van der Waals surface area contributed by atoms with E-state index in [0.717, 1.165) is 104 Å². The summed E-state index contributed by atoms with van der Waals surface area (Å²) in [5, 5.41) is 4.98. The number of sulfonamides is 1. The van der Waals surface area contributed by atoms with E-state index in [2.05, 4.69) is 55.7 Å². The van der Waals surface area contributed by atoms with Crippen LogP contribution in [-0.2, 0) is 10.0 Å². The number of ether oxygens (including phenoxy) is 1. The molecular formula is C46H55ClN6O4S. The van der Waals surface area contributed by atoms with Gasteiger partial charge in [-0.25, -0.2) is 13.1 Å². The molecule has 3 N–H and O–H groups in total. The maximum atomic E-state index is 13.9. The minimum Gasteiger partial charge on any atom is -0.456 e. The number of benzene rings is 4. The summed E-state index contributed by atoms with van der Waals surface area (Å²) in [6.07, 6.45) is 6.07. The lowest BCUT2D eigenvalue weighted by molar-refractivity contribution is 0.0979. The summed E-state index contributed by atoms with van der Waals surface area (Å²) in [5.74, 6) is 0.0652. The topological polar surface area (TPSA) is 110 Å². The molecule has 0 saturated carbocycles. The molecule has 1 aliphatic heterocycles. The Balaban J connectivity index is 1.09. The summed E-state index contributed by atoms with van der Waals surface area (Å²) in [6.45, 7) is 12.5. The number of anilines is 2. The number of nitrogens with zero attached hydrogens (tertiary/aromatic N) is 3. The van der Waals surface area contributed by atoms with Crippen molar-refractivity contribution < 1.29 is 17.9 Å². The molecule has 1 aromatic heterocycles. The zero-order chi connectivity index (χ0) is 41.0. The average Bonchev–Trinajstić information content (AvgIpc) is 3.68. The highest BCUT2D eigenvalue weighted by Crippen LogP contribution is 2.43. The average molecular weight is 824 g/mol. The van der Waals surface area contributed by atoms with Crippen LogP contribution in [-0.4, -0.2) is 89.0 Å². The number of carbonyl (C=O) groups excluding carboxylic acids is 1. The number of halogens is 1. The number of carbonyl (C=O) groups is 1. The van der Waals surface area contributed by atoms with Crippen LogP contribution in [0.15, 0.2) is 102 Å². The van der Waals surface area contributed by atoms with Crippen molar-refractivity contribution in [2.75, 3.05) is 70.1 Å². The molecule has 58 heavy (non-hydrogen) atoms. The lowest BCUT2D eigenvalue weighted by Gasteiger charge is -2.39. The van der Waals surface area contributed by atoms with Crippen molar-refractivity contribution in [3.63, 3.8) is 0 Å². The zero-order valence-corrected chi connectivity index (χ0v) is 35.8. The van der Waals surface area contributed by atoms with Crippen molar-refractivity contribution in [3.8, 4) is 11.5 Å². The first-order valence-electron chi connectivity index (χ1n) is 20.1. The molecule has 0 radical (unpaired) electrons. The van der Waals surface area contributed by atoms with Crippen LogP contribution in [0.3, 0.4) is 0 Å². The van der Waals surface area contributed by atoms with E-state index in [1.165, 1.54) is 22.8 Å². The molecule has 2 aliphatic rings. The Morgan fingerprint density at radius 3 is 2.47 bits per heavy atom. The number of H-pyrrole nitrogens is 1. The zero-order valence-electron chi connectivity index (χ0n) is 34.2. The Morgan fingerprint density at radius 2 is 1.72 bits per heavy atom. The van der Waals surface area contributed by atoms with E-state index in [1.54, 1.807) is 18.2 Å². The fourth-order valence-electron chi connectivity index (χ4n) is 8.10. The molecule has 1 amide bonds. The Morgan fingerprint density at radius 1 is 0.948 bits per heavy atom. The molecule has 5 aromatic rings. The van der Waals surface area contributed by atoms with E-state index in [9.17, 15) is 13.2 Å². The van der Waals surface area contributed by atoms with Gasteiger partial charge in [-0.2, -0.15) is 0 Å². The summed E-state index contributed by atoms with van der Waals surface area (Å²) in [5.41, 5.74) is 8.01. The highest BCUT2D eigenvalue weighted by atomic mass is 35.5. The first kappa shape index (κ1) is 41.4. The first-order chi connectivity index (χ1) is 27.7. The summed E-state index contributed by atoms with van der Waals surface area (Å²) >= 11 is 6.24. The second kappa shape index (κ2) is 17.6. The number of aromatic amines is 1. The van der Waals surface area contributed by atoms with Crippen LogP contribution >= 0.6 is 11.6 Å². The molecule has 2 heterocycles. The third-order valence-electron chi connectivity index (χ3n) is 11.3. The Bertz CT molecular complexity index is 2400. The third-order valence-corrected chi connectivity index (χ3v) is 12.9. The lowest BCUT2D eigenvalue weighted by atomic mass is 9.73. The molecule has 12 heteroatoms. The number of hydrogen-bond donors (Lipinski definition) is 3. The predicted molar refractivity (Wildman–Crippen MR) is 237 cm³/mol. The molecular weight excluding hydrogens is 768 g/mol. The van der Waals surface area contributed by atoms with Crippen molar-refractivity contribution >= 4 is 55.4 Å². The summed E-state index contributed by atoms with van der Waals surface area (Å²) in [7, 11) is -0.138. The van der Waals surface area contributed by atoms with Crippen LogP contribution in [0.25, 0.3) is 16.5 Å². The minimum absolute atomic E-state index is 0.0130. The number of aromatic nitrogens is 1. The van der Waals surface area contributed by atoms with Crippen molar-refractivity contribution in [2.24, 2.45) is 5.41 Å². The predicted octanol–water partition coefficient (Wildman–Crippen LogP) is 9.19. The van der Waals surface area contributed by atoms with Gasteiger partial charge in [-0.15, -0.1) is 0 Å². The number of nitrogens with one attached hydrogen (secondary N) is 3. The fraction of sp³-hybridized carbons (Fsp3) is 0.370. The van der Waals surface area contributed by atoms with E-state index < -0.39 is 15.9 Å². The number of rotatable bonds is 14. The number of hydrogen-bond acceptors (Lipinski definition) is 8.